The van der Waals surface area contributed by atoms with E-state index in [1.807, 2.05) is 26.0 Å². The van der Waals surface area contributed by atoms with Gasteiger partial charge in [-0.05, 0) is 49.9 Å². The molecule has 0 spiro atoms. The lowest BCUT2D eigenvalue weighted by molar-refractivity contribution is -0.154. The maximum absolute atomic E-state index is 12.3. The monoisotopic (exact) mass is 345 g/mol. The van der Waals surface area contributed by atoms with Crippen molar-refractivity contribution in [3.05, 3.63) is 35.1 Å². The zero-order valence-electron chi connectivity index (χ0n) is 14.6. The highest BCUT2D eigenvalue weighted by Crippen LogP contribution is 2.30. The van der Waals surface area contributed by atoms with Gasteiger partial charge in [0.2, 0.25) is 5.91 Å². The van der Waals surface area contributed by atoms with E-state index in [-0.39, 0.29) is 18.9 Å². The second kappa shape index (κ2) is 6.88. The molecule has 2 heterocycles. The number of carboxylic acids is 1. The minimum absolute atomic E-state index is 0.123. The molecule has 3 rings (SSSR count). The molecule has 1 amide bonds. The number of carbonyl (C=O) groups excluding carboxylic acids is 1. The Bertz CT molecular complexity index is 801. The Morgan fingerprint density at radius 2 is 1.88 bits per heavy atom. The molecule has 1 saturated heterocycles. The molecule has 1 aromatic carbocycles. The SMILES string of the molecule is Cc1cc2occ(CC(=O)NCC3(C(=O)O)CCOCC3)c2cc1C. The van der Waals surface area contributed by atoms with E-state index in [0.717, 1.165) is 27.7 Å². The van der Waals surface area contributed by atoms with Crippen LogP contribution in [0, 0.1) is 19.3 Å². The smallest absolute Gasteiger partial charge is 0.311 e. The highest BCUT2D eigenvalue weighted by molar-refractivity contribution is 5.88. The molecular weight excluding hydrogens is 322 g/mol. The van der Waals surface area contributed by atoms with E-state index in [0.29, 0.717) is 26.1 Å². The fraction of sp³-hybridized carbons (Fsp3) is 0.474. The van der Waals surface area contributed by atoms with Crippen LogP contribution in [0.4, 0.5) is 0 Å². The van der Waals surface area contributed by atoms with Gasteiger partial charge in [0.25, 0.3) is 0 Å². The van der Waals surface area contributed by atoms with Gasteiger partial charge in [-0.3, -0.25) is 9.59 Å². The van der Waals surface area contributed by atoms with Crippen LogP contribution in [0.3, 0.4) is 0 Å². The van der Waals surface area contributed by atoms with Gasteiger partial charge in [-0.15, -0.1) is 0 Å². The molecule has 0 aliphatic carbocycles. The number of nitrogens with one attached hydrogen (secondary N) is 1. The zero-order chi connectivity index (χ0) is 18.0. The van der Waals surface area contributed by atoms with Crippen molar-refractivity contribution in [2.45, 2.75) is 33.1 Å². The van der Waals surface area contributed by atoms with Crippen LogP contribution in [-0.4, -0.2) is 36.7 Å². The molecule has 0 saturated carbocycles. The van der Waals surface area contributed by atoms with Gasteiger partial charge in [-0.2, -0.15) is 0 Å². The van der Waals surface area contributed by atoms with E-state index < -0.39 is 11.4 Å². The van der Waals surface area contributed by atoms with Gasteiger partial charge in [0.05, 0.1) is 18.1 Å². The van der Waals surface area contributed by atoms with Crippen molar-refractivity contribution in [1.29, 1.82) is 0 Å². The summed E-state index contributed by atoms with van der Waals surface area (Å²) in [4.78, 5) is 24.0. The van der Waals surface area contributed by atoms with Gasteiger partial charge in [0.1, 0.15) is 5.58 Å². The van der Waals surface area contributed by atoms with Crippen LogP contribution in [0.2, 0.25) is 0 Å². The second-order valence-corrected chi connectivity index (χ2v) is 6.84. The van der Waals surface area contributed by atoms with Gasteiger partial charge >= 0.3 is 5.97 Å². The number of aryl methyl sites for hydroxylation is 2. The third-order valence-corrected chi connectivity index (χ3v) is 5.15. The number of hydrogen-bond donors (Lipinski definition) is 2. The molecule has 0 unspecified atom stereocenters. The molecule has 25 heavy (non-hydrogen) atoms. The molecule has 0 radical (unpaired) electrons. The van der Waals surface area contributed by atoms with Crippen molar-refractivity contribution in [3.8, 4) is 0 Å². The Morgan fingerprint density at radius 3 is 2.56 bits per heavy atom. The first-order chi connectivity index (χ1) is 11.9. The molecule has 0 atom stereocenters. The van der Waals surface area contributed by atoms with E-state index >= 15 is 0 Å². The van der Waals surface area contributed by atoms with E-state index in [4.69, 9.17) is 9.15 Å². The lowest BCUT2D eigenvalue weighted by atomic mass is 9.80. The molecule has 0 bridgehead atoms. The first kappa shape index (κ1) is 17.5. The van der Waals surface area contributed by atoms with Crippen molar-refractivity contribution in [1.82, 2.24) is 5.32 Å². The maximum atomic E-state index is 12.3. The lowest BCUT2D eigenvalue weighted by Gasteiger charge is -2.33. The van der Waals surface area contributed by atoms with Crippen LogP contribution in [0.25, 0.3) is 11.0 Å². The predicted molar refractivity (Wildman–Crippen MR) is 92.5 cm³/mol. The van der Waals surface area contributed by atoms with E-state index in [9.17, 15) is 14.7 Å². The average Bonchev–Trinajstić information content (AvgIpc) is 2.96. The zero-order valence-corrected chi connectivity index (χ0v) is 14.6. The third-order valence-electron chi connectivity index (χ3n) is 5.15. The van der Waals surface area contributed by atoms with Gasteiger partial charge < -0.3 is 19.6 Å². The largest absolute Gasteiger partial charge is 0.481 e. The van der Waals surface area contributed by atoms with Crippen LogP contribution < -0.4 is 5.32 Å². The average molecular weight is 345 g/mol. The van der Waals surface area contributed by atoms with E-state index in [2.05, 4.69) is 5.32 Å². The summed E-state index contributed by atoms with van der Waals surface area (Å²) >= 11 is 0. The van der Waals surface area contributed by atoms with Gasteiger partial charge in [0.15, 0.2) is 0 Å². The van der Waals surface area contributed by atoms with E-state index in [1.54, 1.807) is 6.26 Å². The number of ether oxygens (including phenoxy) is 1. The highest BCUT2D eigenvalue weighted by Gasteiger charge is 2.40. The fourth-order valence-corrected chi connectivity index (χ4v) is 3.20. The Hall–Kier alpha value is -2.34. The quantitative estimate of drug-likeness (QED) is 0.869. The molecule has 2 aromatic rings. The van der Waals surface area contributed by atoms with Gasteiger partial charge in [-0.1, -0.05) is 0 Å². The van der Waals surface area contributed by atoms with Gasteiger partial charge in [0, 0.05) is 30.7 Å². The van der Waals surface area contributed by atoms with Crippen LogP contribution >= 0.6 is 0 Å². The summed E-state index contributed by atoms with van der Waals surface area (Å²) in [6.45, 7) is 4.98. The number of furan rings is 1. The summed E-state index contributed by atoms with van der Waals surface area (Å²) < 4.78 is 10.8. The van der Waals surface area contributed by atoms with Crippen molar-refractivity contribution < 1.29 is 23.8 Å². The number of fused-ring (bicyclic) bond motifs is 1. The third kappa shape index (κ3) is 3.54. The summed E-state index contributed by atoms with van der Waals surface area (Å²) in [6, 6.07) is 3.99. The number of carbonyl (C=O) groups is 2. The summed E-state index contributed by atoms with van der Waals surface area (Å²) in [5.74, 6) is -1.08. The van der Waals surface area contributed by atoms with Crippen molar-refractivity contribution in [2.75, 3.05) is 19.8 Å². The van der Waals surface area contributed by atoms with Crippen molar-refractivity contribution in [3.63, 3.8) is 0 Å². The summed E-state index contributed by atoms with van der Waals surface area (Å²) in [5, 5.41) is 13.2. The Balaban J connectivity index is 1.68. The number of hydrogen-bond acceptors (Lipinski definition) is 4. The molecule has 6 heteroatoms. The minimum Gasteiger partial charge on any atom is -0.481 e. The predicted octanol–water partition coefficient (Wildman–Crippen LogP) is 2.59. The van der Waals surface area contributed by atoms with Crippen molar-refractivity contribution >= 4 is 22.8 Å². The molecule has 1 aliphatic rings. The number of carboxylic acid groups (broad SMARTS) is 1. The van der Waals surface area contributed by atoms with Crippen molar-refractivity contribution in [2.24, 2.45) is 5.41 Å². The second-order valence-electron chi connectivity index (χ2n) is 6.84. The van der Waals surface area contributed by atoms with Crippen LogP contribution in [-0.2, 0) is 20.7 Å². The molecule has 1 fully saturated rings. The molecule has 1 aliphatic heterocycles. The lowest BCUT2D eigenvalue weighted by Crippen LogP contribution is -2.46. The van der Waals surface area contributed by atoms with Crippen LogP contribution in [0.15, 0.2) is 22.8 Å². The summed E-state index contributed by atoms with van der Waals surface area (Å²) in [7, 11) is 0. The minimum atomic E-state index is -0.930. The number of amides is 1. The Kier molecular flexibility index (Phi) is 4.81. The van der Waals surface area contributed by atoms with Gasteiger partial charge in [-0.25, -0.2) is 0 Å². The maximum Gasteiger partial charge on any atom is 0.311 e. The standard InChI is InChI=1S/C19H23NO5/c1-12-7-15-14(10-25-16(15)8-13(12)2)9-17(21)20-11-19(18(22)23)3-5-24-6-4-19/h7-8,10H,3-6,9,11H2,1-2H3,(H,20,21)(H,22,23). The number of rotatable bonds is 5. The normalized spacial score (nSPS) is 16.7. The summed E-state index contributed by atoms with van der Waals surface area (Å²) in [5.41, 5.74) is 2.92. The highest BCUT2D eigenvalue weighted by atomic mass is 16.5. The molecular formula is C19H23NO5. The molecule has 134 valence electrons. The topological polar surface area (TPSA) is 88.8 Å². The number of benzene rings is 1. The van der Waals surface area contributed by atoms with E-state index in [1.165, 1.54) is 0 Å². The first-order valence-electron chi connectivity index (χ1n) is 8.46. The van der Waals surface area contributed by atoms with Crippen LogP contribution in [0.5, 0.6) is 0 Å². The molecule has 1 aromatic heterocycles. The Morgan fingerprint density at radius 1 is 1.20 bits per heavy atom. The van der Waals surface area contributed by atoms with Crippen LogP contribution in [0.1, 0.15) is 29.5 Å². The Labute approximate surface area is 146 Å². The first-order valence-corrected chi connectivity index (χ1v) is 8.46. The number of aliphatic carboxylic acids is 1. The summed E-state index contributed by atoms with van der Waals surface area (Å²) in [6.07, 6.45) is 2.59. The molecule has 6 nitrogen and oxygen atoms in total. The molecule has 2 N–H and O–H groups in total. The fourth-order valence-electron chi connectivity index (χ4n) is 3.20.